The monoisotopic (exact) mass is 154 g/mol. The van der Waals surface area contributed by atoms with Crippen molar-refractivity contribution in [3.63, 3.8) is 0 Å². The summed E-state index contributed by atoms with van der Waals surface area (Å²) in [7, 11) is 0. The van der Waals surface area contributed by atoms with E-state index in [0.29, 0.717) is 12.0 Å². The third kappa shape index (κ3) is 1.64. The van der Waals surface area contributed by atoms with E-state index in [1.807, 2.05) is 0 Å². The van der Waals surface area contributed by atoms with E-state index >= 15 is 0 Å². The summed E-state index contributed by atoms with van der Waals surface area (Å²) in [6.45, 7) is 0. The number of halogens is 1. The Kier molecular flexibility index (Phi) is 2.14. The highest BCUT2D eigenvalue weighted by Crippen LogP contribution is 2.11. The maximum Gasteiger partial charge on any atom is 0.194 e. The van der Waals surface area contributed by atoms with E-state index in [4.69, 9.17) is 16.0 Å². The standard InChI is InChI=1S/C7H3ClO2/c8-7-4-3-6(10-7)2-1-5-9/h3-5H. The highest BCUT2D eigenvalue weighted by atomic mass is 35.5. The van der Waals surface area contributed by atoms with Crippen molar-refractivity contribution in [3.05, 3.63) is 23.1 Å². The first-order chi connectivity index (χ1) is 4.83. The number of carbonyl (C=O) groups is 1. The van der Waals surface area contributed by atoms with E-state index in [2.05, 4.69) is 11.8 Å². The van der Waals surface area contributed by atoms with E-state index in [-0.39, 0.29) is 5.22 Å². The van der Waals surface area contributed by atoms with Crippen LogP contribution in [-0.4, -0.2) is 6.29 Å². The van der Waals surface area contributed by atoms with Crippen LogP contribution in [0.4, 0.5) is 0 Å². The van der Waals surface area contributed by atoms with Crippen LogP contribution in [0.5, 0.6) is 0 Å². The van der Waals surface area contributed by atoms with Crippen molar-refractivity contribution in [2.75, 3.05) is 0 Å². The molecule has 1 rings (SSSR count). The van der Waals surface area contributed by atoms with Crippen LogP contribution in [0.2, 0.25) is 5.22 Å². The van der Waals surface area contributed by atoms with Gasteiger partial charge in [-0.2, -0.15) is 0 Å². The lowest BCUT2D eigenvalue weighted by molar-refractivity contribution is -0.103. The van der Waals surface area contributed by atoms with Gasteiger partial charge in [0.1, 0.15) is 0 Å². The SMILES string of the molecule is O=CC#Cc1ccc(Cl)o1. The van der Waals surface area contributed by atoms with Gasteiger partial charge < -0.3 is 4.42 Å². The summed E-state index contributed by atoms with van der Waals surface area (Å²) in [5.74, 6) is 5.04. The van der Waals surface area contributed by atoms with Gasteiger partial charge in [0.25, 0.3) is 0 Å². The van der Waals surface area contributed by atoms with E-state index in [0.717, 1.165) is 0 Å². The second-order valence-electron chi connectivity index (χ2n) is 1.49. The lowest BCUT2D eigenvalue weighted by Crippen LogP contribution is -1.63. The molecule has 1 heterocycles. The summed E-state index contributed by atoms with van der Waals surface area (Å²) in [5, 5.41) is 0.273. The molecule has 0 aliphatic heterocycles. The summed E-state index contributed by atoms with van der Waals surface area (Å²) in [6, 6.07) is 3.16. The van der Waals surface area contributed by atoms with Gasteiger partial charge in [-0.1, -0.05) is 0 Å². The maximum atomic E-state index is 9.74. The first-order valence-corrected chi connectivity index (χ1v) is 2.91. The lowest BCUT2D eigenvalue weighted by atomic mass is 10.4. The largest absolute Gasteiger partial charge is 0.436 e. The van der Waals surface area contributed by atoms with Crippen LogP contribution >= 0.6 is 11.6 Å². The van der Waals surface area contributed by atoms with E-state index in [1.54, 1.807) is 12.1 Å². The second kappa shape index (κ2) is 3.09. The van der Waals surface area contributed by atoms with Crippen LogP contribution < -0.4 is 0 Å². The Labute approximate surface area is 62.8 Å². The highest BCUT2D eigenvalue weighted by Gasteiger charge is 1.92. The number of hydrogen-bond donors (Lipinski definition) is 0. The zero-order valence-electron chi connectivity index (χ0n) is 4.93. The quantitative estimate of drug-likeness (QED) is 0.419. The van der Waals surface area contributed by atoms with Crippen LogP contribution in [0.1, 0.15) is 5.76 Å². The molecule has 2 nitrogen and oxygen atoms in total. The predicted octanol–water partition coefficient (Wildman–Crippen LogP) is 1.48. The average molecular weight is 155 g/mol. The molecule has 0 atom stereocenters. The van der Waals surface area contributed by atoms with Crippen molar-refractivity contribution in [1.29, 1.82) is 0 Å². The molecule has 0 aliphatic rings. The van der Waals surface area contributed by atoms with Gasteiger partial charge in [-0.15, -0.1) is 0 Å². The molecule has 0 unspecified atom stereocenters. The molecule has 0 radical (unpaired) electrons. The molecule has 0 N–H and O–H groups in total. The summed E-state index contributed by atoms with van der Waals surface area (Å²) in [5.41, 5.74) is 0. The van der Waals surface area contributed by atoms with Crippen molar-refractivity contribution >= 4 is 17.9 Å². The van der Waals surface area contributed by atoms with Gasteiger partial charge in [-0.3, -0.25) is 4.79 Å². The van der Waals surface area contributed by atoms with Crippen LogP contribution in [0.15, 0.2) is 16.5 Å². The number of carbonyl (C=O) groups excluding carboxylic acids is 1. The molecule has 0 saturated heterocycles. The minimum absolute atomic E-state index is 0.273. The molecule has 0 aromatic carbocycles. The normalized spacial score (nSPS) is 8.10. The molecular formula is C7H3ClO2. The minimum atomic E-state index is 0.273. The zero-order chi connectivity index (χ0) is 7.40. The molecule has 1 aromatic heterocycles. The Morgan fingerprint density at radius 3 is 2.90 bits per heavy atom. The van der Waals surface area contributed by atoms with Gasteiger partial charge in [-0.05, 0) is 35.6 Å². The van der Waals surface area contributed by atoms with Crippen LogP contribution in [0, 0.1) is 11.8 Å². The molecule has 0 aliphatic carbocycles. The van der Waals surface area contributed by atoms with Gasteiger partial charge >= 0.3 is 0 Å². The van der Waals surface area contributed by atoms with Gasteiger partial charge in [0.05, 0.1) is 0 Å². The molecule has 3 heteroatoms. The molecular weight excluding hydrogens is 152 g/mol. The van der Waals surface area contributed by atoms with Crippen molar-refractivity contribution in [3.8, 4) is 11.8 Å². The Morgan fingerprint density at radius 1 is 1.60 bits per heavy atom. The number of aldehydes is 1. The average Bonchev–Trinajstić information content (AvgIpc) is 2.31. The fraction of sp³-hybridized carbons (Fsp3) is 0. The number of furan rings is 1. The fourth-order valence-corrected chi connectivity index (χ4v) is 0.628. The van der Waals surface area contributed by atoms with Crippen molar-refractivity contribution in [2.45, 2.75) is 0 Å². The van der Waals surface area contributed by atoms with E-state index in [9.17, 15) is 4.79 Å². The summed E-state index contributed by atoms with van der Waals surface area (Å²) >= 11 is 5.42. The minimum Gasteiger partial charge on any atom is -0.436 e. The summed E-state index contributed by atoms with van der Waals surface area (Å²) in [6.07, 6.45) is 0.496. The summed E-state index contributed by atoms with van der Waals surface area (Å²) in [4.78, 5) is 9.74. The van der Waals surface area contributed by atoms with Gasteiger partial charge in [0.15, 0.2) is 17.3 Å². The molecule has 0 fully saturated rings. The summed E-state index contributed by atoms with van der Waals surface area (Å²) < 4.78 is 4.82. The van der Waals surface area contributed by atoms with Gasteiger partial charge in [-0.25, -0.2) is 0 Å². The molecule has 50 valence electrons. The molecule has 1 aromatic rings. The third-order valence-corrected chi connectivity index (χ3v) is 1.03. The van der Waals surface area contributed by atoms with Crippen molar-refractivity contribution in [2.24, 2.45) is 0 Å². The van der Waals surface area contributed by atoms with E-state index in [1.165, 1.54) is 0 Å². The molecule has 10 heavy (non-hydrogen) atoms. The highest BCUT2D eigenvalue weighted by molar-refractivity contribution is 6.28. The molecule has 0 saturated carbocycles. The van der Waals surface area contributed by atoms with Crippen LogP contribution in [0.3, 0.4) is 0 Å². The van der Waals surface area contributed by atoms with Gasteiger partial charge in [0, 0.05) is 0 Å². The van der Waals surface area contributed by atoms with Gasteiger partial charge in [0.2, 0.25) is 0 Å². The molecule has 0 amide bonds. The predicted molar refractivity (Wildman–Crippen MR) is 36.7 cm³/mol. The zero-order valence-corrected chi connectivity index (χ0v) is 5.68. The Hall–Kier alpha value is -1.20. The first kappa shape index (κ1) is 6.91. The van der Waals surface area contributed by atoms with Crippen molar-refractivity contribution < 1.29 is 9.21 Å². The number of hydrogen-bond acceptors (Lipinski definition) is 2. The Bertz CT molecular complexity index is 290. The topological polar surface area (TPSA) is 30.2 Å². The maximum absolute atomic E-state index is 9.74. The van der Waals surface area contributed by atoms with Crippen LogP contribution in [-0.2, 0) is 4.79 Å². The smallest absolute Gasteiger partial charge is 0.194 e. The van der Waals surface area contributed by atoms with Crippen LogP contribution in [0.25, 0.3) is 0 Å². The Morgan fingerprint density at radius 2 is 2.40 bits per heavy atom. The second-order valence-corrected chi connectivity index (χ2v) is 1.86. The fourth-order valence-electron chi connectivity index (χ4n) is 0.482. The molecule has 0 spiro atoms. The lowest BCUT2D eigenvalue weighted by Gasteiger charge is -1.74. The van der Waals surface area contributed by atoms with Crippen molar-refractivity contribution in [1.82, 2.24) is 0 Å². The molecule has 0 bridgehead atoms. The Balaban J connectivity index is 2.85. The first-order valence-electron chi connectivity index (χ1n) is 2.53. The number of rotatable bonds is 0. The van der Waals surface area contributed by atoms with E-state index < -0.39 is 0 Å². The third-order valence-electron chi connectivity index (χ3n) is 0.827.